The van der Waals surface area contributed by atoms with Crippen molar-refractivity contribution in [2.24, 2.45) is 5.92 Å². The molecule has 0 radical (unpaired) electrons. The smallest absolute Gasteiger partial charge is 0.322 e. The molecule has 2 aromatic carbocycles. The lowest BCUT2D eigenvalue weighted by Gasteiger charge is -2.29. The first-order chi connectivity index (χ1) is 16.3. The summed E-state index contributed by atoms with van der Waals surface area (Å²) in [6.45, 7) is 7.73. The number of anilines is 1. The van der Waals surface area contributed by atoms with Crippen molar-refractivity contribution in [2.45, 2.75) is 38.8 Å². The zero-order chi connectivity index (χ0) is 24.5. The SMILES string of the molecule is CSc1ccc(NC(=O)N(CC(=O)N(Cc2ccccc2)Cc2ccc(C)s2)CC(C)C)cc1. The van der Waals surface area contributed by atoms with E-state index in [1.54, 1.807) is 28.0 Å². The van der Waals surface area contributed by atoms with Crippen LogP contribution in [-0.2, 0) is 17.9 Å². The standard InChI is InChI=1S/C27H33N3O2S2/c1-20(2)16-30(27(32)28-23-11-14-24(33-4)15-12-23)19-26(31)29(17-22-8-6-5-7-9-22)18-25-13-10-21(3)34-25/h5-15,20H,16-19H2,1-4H3,(H,28,32). The fourth-order valence-corrected chi connectivity index (χ4v) is 4.91. The third kappa shape index (κ3) is 7.92. The molecular formula is C27H33N3O2S2. The maximum atomic E-state index is 13.5. The highest BCUT2D eigenvalue weighted by Crippen LogP contribution is 2.20. The van der Waals surface area contributed by atoms with Crippen molar-refractivity contribution in [1.82, 2.24) is 9.80 Å². The number of hydrogen-bond donors (Lipinski definition) is 1. The maximum Gasteiger partial charge on any atom is 0.322 e. The number of rotatable bonds is 10. The normalized spacial score (nSPS) is 10.9. The molecule has 0 spiro atoms. The summed E-state index contributed by atoms with van der Waals surface area (Å²) in [5, 5.41) is 2.95. The number of aryl methyl sites for hydroxylation is 1. The van der Waals surface area contributed by atoms with Crippen LogP contribution in [0.5, 0.6) is 0 Å². The number of amides is 3. The lowest BCUT2D eigenvalue weighted by Crippen LogP contribution is -2.45. The molecule has 7 heteroatoms. The minimum absolute atomic E-state index is 0.0318. The molecule has 3 rings (SSSR count). The van der Waals surface area contributed by atoms with Crippen molar-refractivity contribution in [3.05, 3.63) is 82.0 Å². The molecule has 0 aliphatic heterocycles. The Morgan fingerprint density at radius 3 is 2.24 bits per heavy atom. The topological polar surface area (TPSA) is 52.7 Å². The van der Waals surface area contributed by atoms with Gasteiger partial charge in [0.05, 0.1) is 6.54 Å². The fraction of sp³-hybridized carbons (Fsp3) is 0.333. The van der Waals surface area contributed by atoms with Gasteiger partial charge in [0.15, 0.2) is 0 Å². The van der Waals surface area contributed by atoms with Gasteiger partial charge in [0.25, 0.3) is 0 Å². The van der Waals surface area contributed by atoms with Gasteiger partial charge in [0, 0.05) is 33.4 Å². The summed E-state index contributed by atoms with van der Waals surface area (Å²) in [6, 6.07) is 21.6. The quantitative estimate of drug-likeness (QED) is 0.327. The van der Waals surface area contributed by atoms with Crippen molar-refractivity contribution >= 4 is 40.7 Å². The van der Waals surface area contributed by atoms with Crippen LogP contribution in [0.3, 0.4) is 0 Å². The number of nitrogens with zero attached hydrogens (tertiary/aromatic N) is 2. The number of benzene rings is 2. The predicted molar refractivity (Wildman–Crippen MR) is 143 cm³/mol. The number of carbonyl (C=O) groups is 2. The predicted octanol–water partition coefficient (Wildman–Crippen LogP) is 6.50. The first-order valence-electron chi connectivity index (χ1n) is 11.4. The Kier molecular flexibility index (Phi) is 9.60. The van der Waals surface area contributed by atoms with E-state index in [2.05, 4.69) is 24.4 Å². The van der Waals surface area contributed by atoms with Gasteiger partial charge in [-0.25, -0.2) is 4.79 Å². The summed E-state index contributed by atoms with van der Waals surface area (Å²) < 4.78 is 0. The van der Waals surface area contributed by atoms with Crippen molar-refractivity contribution in [3.63, 3.8) is 0 Å². The molecule has 0 bridgehead atoms. The van der Waals surface area contributed by atoms with E-state index >= 15 is 0 Å². The second kappa shape index (κ2) is 12.6. The summed E-state index contributed by atoms with van der Waals surface area (Å²) in [5.74, 6) is 0.170. The van der Waals surface area contributed by atoms with Gasteiger partial charge in [-0.3, -0.25) is 4.79 Å². The van der Waals surface area contributed by atoms with E-state index < -0.39 is 0 Å². The van der Waals surface area contributed by atoms with Crippen molar-refractivity contribution in [2.75, 3.05) is 24.7 Å². The Bertz CT molecular complexity index is 1060. The van der Waals surface area contributed by atoms with E-state index in [0.717, 1.165) is 21.0 Å². The zero-order valence-electron chi connectivity index (χ0n) is 20.3. The number of hydrogen-bond acceptors (Lipinski definition) is 4. The molecule has 1 N–H and O–H groups in total. The minimum Gasteiger partial charge on any atom is -0.332 e. The molecular weight excluding hydrogens is 462 g/mol. The summed E-state index contributed by atoms with van der Waals surface area (Å²) in [5.41, 5.74) is 1.79. The number of thioether (sulfide) groups is 1. The molecule has 0 saturated heterocycles. The highest BCUT2D eigenvalue weighted by Gasteiger charge is 2.23. The first-order valence-corrected chi connectivity index (χ1v) is 13.4. The molecule has 5 nitrogen and oxygen atoms in total. The van der Waals surface area contributed by atoms with Gasteiger partial charge < -0.3 is 15.1 Å². The molecule has 1 heterocycles. The van der Waals surface area contributed by atoms with Gasteiger partial charge >= 0.3 is 6.03 Å². The second-order valence-corrected chi connectivity index (χ2v) is 10.9. The van der Waals surface area contributed by atoms with Crippen LogP contribution in [0.4, 0.5) is 10.5 Å². The molecule has 0 aliphatic carbocycles. The first kappa shape index (κ1) is 25.8. The molecule has 3 amide bonds. The third-order valence-electron chi connectivity index (χ3n) is 5.25. The molecule has 34 heavy (non-hydrogen) atoms. The second-order valence-electron chi connectivity index (χ2n) is 8.68. The van der Waals surface area contributed by atoms with Crippen molar-refractivity contribution in [1.29, 1.82) is 0 Å². The van der Waals surface area contributed by atoms with Crippen LogP contribution < -0.4 is 5.32 Å². The number of urea groups is 1. The number of carbonyl (C=O) groups excluding carboxylic acids is 2. The highest BCUT2D eigenvalue weighted by atomic mass is 32.2. The molecule has 0 unspecified atom stereocenters. The van der Waals surface area contributed by atoms with Crippen LogP contribution in [0.2, 0.25) is 0 Å². The van der Waals surface area contributed by atoms with Crippen LogP contribution >= 0.6 is 23.1 Å². The Hall–Kier alpha value is -2.77. The van der Waals surface area contributed by atoms with E-state index in [0.29, 0.717) is 19.6 Å². The summed E-state index contributed by atoms with van der Waals surface area (Å²) in [7, 11) is 0. The Labute approximate surface area is 211 Å². The van der Waals surface area contributed by atoms with Gasteiger partial charge in [-0.15, -0.1) is 23.1 Å². The highest BCUT2D eigenvalue weighted by molar-refractivity contribution is 7.98. The summed E-state index contributed by atoms with van der Waals surface area (Å²) in [4.78, 5) is 33.6. The summed E-state index contributed by atoms with van der Waals surface area (Å²) in [6.07, 6.45) is 2.02. The van der Waals surface area contributed by atoms with E-state index in [1.807, 2.05) is 79.6 Å². The number of nitrogens with one attached hydrogen (secondary N) is 1. The molecule has 3 aromatic rings. The Morgan fingerprint density at radius 1 is 0.941 bits per heavy atom. The van der Waals surface area contributed by atoms with E-state index in [9.17, 15) is 9.59 Å². The zero-order valence-corrected chi connectivity index (χ0v) is 21.9. The number of thiophene rings is 1. The molecule has 1 aromatic heterocycles. The van der Waals surface area contributed by atoms with Crippen LogP contribution in [0.15, 0.2) is 71.6 Å². The van der Waals surface area contributed by atoms with Crippen molar-refractivity contribution in [3.8, 4) is 0 Å². The van der Waals surface area contributed by atoms with E-state index in [-0.39, 0.29) is 24.4 Å². The van der Waals surface area contributed by atoms with Crippen LogP contribution in [0.25, 0.3) is 0 Å². The maximum absolute atomic E-state index is 13.5. The Balaban J connectivity index is 1.75. The third-order valence-corrected chi connectivity index (χ3v) is 6.98. The van der Waals surface area contributed by atoms with Gasteiger partial charge in [-0.2, -0.15) is 0 Å². The van der Waals surface area contributed by atoms with E-state index in [1.165, 1.54) is 4.88 Å². The molecule has 0 saturated carbocycles. The van der Waals surface area contributed by atoms with Crippen molar-refractivity contribution < 1.29 is 9.59 Å². The van der Waals surface area contributed by atoms with E-state index in [4.69, 9.17) is 0 Å². The average molecular weight is 496 g/mol. The average Bonchev–Trinajstić information content (AvgIpc) is 3.23. The van der Waals surface area contributed by atoms with Crippen LogP contribution in [-0.4, -0.2) is 41.1 Å². The molecule has 180 valence electrons. The monoisotopic (exact) mass is 495 g/mol. The van der Waals surface area contributed by atoms with Gasteiger partial charge in [-0.1, -0.05) is 44.2 Å². The van der Waals surface area contributed by atoms with Crippen LogP contribution in [0, 0.1) is 12.8 Å². The molecule has 0 atom stereocenters. The fourth-order valence-electron chi connectivity index (χ4n) is 3.59. The Morgan fingerprint density at radius 2 is 1.65 bits per heavy atom. The molecule has 0 aliphatic rings. The van der Waals surface area contributed by atoms with Gasteiger partial charge in [-0.05, 0) is 61.1 Å². The lowest BCUT2D eigenvalue weighted by atomic mass is 10.2. The minimum atomic E-state index is -0.259. The van der Waals surface area contributed by atoms with Gasteiger partial charge in [0.1, 0.15) is 6.54 Å². The largest absolute Gasteiger partial charge is 0.332 e. The van der Waals surface area contributed by atoms with Crippen LogP contribution in [0.1, 0.15) is 29.2 Å². The molecule has 0 fully saturated rings. The lowest BCUT2D eigenvalue weighted by molar-refractivity contribution is -0.133. The van der Waals surface area contributed by atoms with Gasteiger partial charge in [0.2, 0.25) is 5.91 Å². The summed E-state index contributed by atoms with van der Waals surface area (Å²) >= 11 is 3.35.